The van der Waals surface area contributed by atoms with Crippen LogP contribution in [0.5, 0.6) is 11.5 Å². The summed E-state index contributed by atoms with van der Waals surface area (Å²) in [5.74, 6) is 0.870. The molecule has 6 nitrogen and oxygen atoms in total. The van der Waals surface area contributed by atoms with Gasteiger partial charge in [0.1, 0.15) is 22.2 Å². The normalized spacial score (nSPS) is 10.6. The number of nitrogens with one attached hydrogen (secondary N) is 1. The van der Waals surface area contributed by atoms with Gasteiger partial charge in [-0.2, -0.15) is 0 Å². The Bertz CT molecular complexity index is 882. The van der Waals surface area contributed by atoms with Crippen LogP contribution < -0.4 is 14.8 Å². The molecule has 3 aromatic rings. The van der Waals surface area contributed by atoms with Gasteiger partial charge in [-0.3, -0.25) is 10.1 Å². The van der Waals surface area contributed by atoms with E-state index in [1.807, 2.05) is 6.07 Å². The predicted octanol–water partition coefficient (Wildman–Crippen LogP) is 3.61. The molecule has 0 fully saturated rings. The van der Waals surface area contributed by atoms with E-state index in [2.05, 4.69) is 15.3 Å². The number of hydrogen-bond acceptors (Lipinski definition) is 6. The van der Waals surface area contributed by atoms with E-state index in [-0.39, 0.29) is 16.6 Å². The highest BCUT2D eigenvalue weighted by Gasteiger charge is 2.16. The number of methoxy groups -OCH3 is 2. The van der Waals surface area contributed by atoms with Gasteiger partial charge in [0.05, 0.1) is 24.5 Å². The summed E-state index contributed by atoms with van der Waals surface area (Å²) in [6, 6.07) is 6.82. The molecule has 23 heavy (non-hydrogen) atoms. The molecular formula is C15H12ClN3O3S. The summed E-state index contributed by atoms with van der Waals surface area (Å²) >= 11 is 7.24. The minimum Gasteiger partial charge on any atom is -0.497 e. The summed E-state index contributed by atoms with van der Waals surface area (Å²) in [6.07, 6.45) is 1.52. The fourth-order valence-corrected chi connectivity index (χ4v) is 3.13. The number of carbonyl (C=O) groups excluding carboxylic acids is 1. The summed E-state index contributed by atoms with van der Waals surface area (Å²) in [4.78, 5) is 20.5. The number of benzene rings is 1. The molecule has 2 heterocycles. The van der Waals surface area contributed by atoms with Gasteiger partial charge in [0, 0.05) is 12.3 Å². The Balaban J connectivity index is 1.95. The van der Waals surface area contributed by atoms with Crippen molar-refractivity contribution in [3.8, 4) is 11.5 Å². The standard InChI is InChI=1S/C15H12ClN3O3S/c1-21-8-6-10(22-2)12-11(7-8)23-15(18-12)19-14(20)9-4-3-5-17-13(9)16/h3-7H,1-2H3,(H,18,19,20). The van der Waals surface area contributed by atoms with E-state index in [1.54, 1.807) is 32.4 Å². The number of carbonyl (C=O) groups is 1. The third-order valence-corrected chi connectivity index (χ3v) is 4.33. The minimum absolute atomic E-state index is 0.144. The maximum absolute atomic E-state index is 12.3. The second-order valence-corrected chi connectivity index (χ2v) is 5.88. The van der Waals surface area contributed by atoms with Gasteiger partial charge >= 0.3 is 0 Å². The third kappa shape index (κ3) is 3.06. The number of nitrogens with zero attached hydrogens (tertiary/aromatic N) is 2. The Morgan fingerprint density at radius 1 is 1.30 bits per heavy atom. The summed E-state index contributed by atoms with van der Waals surface area (Å²) in [5, 5.41) is 3.31. The number of ether oxygens (including phenoxy) is 2. The molecule has 8 heteroatoms. The number of hydrogen-bond donors (Lipinski definition) is 1. The molecule has 2 aromatic heterocycles. The first-order chi connectivity index (χ1) is 11.1. The highest BCUT2D eigenvalue weighted by molar-refractivity contribution is 7.22. The monoisotopic (exact) mass is 349 g/mol. The molecule has 0 aliphatic heterocycles. The molecule has 1 aromatic carbocycles. The quantitative estimate of drug-likeness (QED) is 0.728. The number of rotatable bonds is 4. The molecule has 118 valence electrons. The lowest BCUT2D eigenvalue weighted by Crippen LogP contribution is -2.12. The van der Waals surface area contributed by atoms with Gasteiger partial charge in [0.25, 0.3) is 5.91 Å². The van der Waals surface area contributed by atoms with Crippen LogP contribution in [-0.4, -0.2) is 30.1 Å². The molecule has 0 unspecified atom stereocenters. The largest absolute Gasteiger partial charge is 0.497 e. The Labute approximate surface area is 141 Å². The Kier molecular flexibility index (Phi) is 4.31. The SMILES string of the molecule is COc1cc(OC)c2nc(NC(=O)c3cccnc3Cl)sc2c1. The molecule has 1 N–H and O–H groups in total. The maximum atomic E-state index is 12.3. The zero-order valence-electron chi connectivity index (χ0n) is 12.3. The molecule has 0 bridgehead atoms. The van der Waals surface area contributed by atoms with Crippen molar-refractivity contribution in [1.82, 2.24) is 9.97 Å². The molecule has 0 saturated heterocycles. The molecule has 3 rings (SSSR count). The van der Waals surface area contributed by atoms with Crippen molar-refractivity contribution < 1.29 is 14.3 Å². The Morgan fingerprint density at radius 2 is 2.13 bits per heavy atom. The lowest BCUT2D eigenvalue weighted by atomic mass is 10.3. The summed E-state index contributed by atoms with van der Waals surface area (Å²) in [5.41, 5.74) is 0.948. The molecule has 1 amide bonds. The van der Waals surface area contributed by atoms with Crippen LogP contribution >= 0.6 is 22.9 Å². The summed E-state index contributed by atoms with van der Waals surface area (Å²) < 4.78 is 11.4. The van der Waals surface area contributed by atoms with Crippen molar-refractivity contribution in [2.75, 3.05) is 19.5 Å². The van der Waals surface area contributed by atoms with Crippen LogP contribution in [0.15, 0.2) is 30.5 Å². The highest BCUT2D eigenvalue weighted by Crippen LogP contribution is 2.36. The first-order valence-electron chi connectivity index (χ1n) is 6.57. The minimum atomic E-state index is -0.368. The smallest absolute Gasteiger partial charge is 0.260 e. The van der Waals surface area contributed by atoms with E-state index in [1.165, 1.54) is 17.5 Å². The molecule has 0 radical (unpaired) electrons. The molecule has 0 aliphatic carbocycles. The second-order valence-electron chi connectivity index (χ2n) is 4.49. The fourth-order valence-electron chi connectivity index (χ4n) is 2.02. The van der Waals surface area contributed by atoms with Crippen molar-refractivity contribution >= 4 is 44.2 Å². The van der Waals surface area contributed by atoms with Gasteiger partial charge in [-0.1, -0.05) is 22.9 Å². The Morgan fingerprint density at radius 3 is 2.83 bits per heavy atom. The maximum Gasteiger partial charge on any atom is 0.260 e. The van der Waals surface area contributed by atoms with E-state index >= 15 is 0 Å². The number of aromatic nitrogens is 2. The van der Waals surface area contributed by atoms with Crippen LogP contribution in [0.25, 0.3) is 10.2 Å². The van der Waals surface area contributed by atoms with Crippen LogP contribution in [0, 0.1) is 0 Å². The lowest BCUT2D eigenvalue weighted by molar-refractivity contribution is 0.102. The van der Waals surface area contributed by atoms with Crippen LogP contribution in [0.4, 0.5) is 5.13 Å². The average molecular weight is 350 g/mol. The van der Waals surface area contributed by atoms with E-state index in [4.69, 9.17) is 21.1 Å². The van der Waals surface area contributed by atoms with E-state index in [0.717, 1.165) is 4.70 Å². The average Bonchev–Trinajstić information content (AvgIpc) is 2.96. The van der Waals surface area contributed by atoms with E-state index in [9.17, 15) is 4.79 Å². The van der Waals surface area contributed by atoms with Crippen molar-refractivity contribution in [1.29, 1.82) is 0 Å². The molecule has 0 saturated carbocycles. The lowest BCUT2D eigenvalue weighted by Gasteiger charge is -2.04. The van der Waals surface area contributed by atoms with Gasteiger partial charge < -0.3 is 9.47 Å². The Hall–Kier alpha value is -2.38. The fraction of sp³-hybridized carbons (Fsp3) is 0.133. The number of fused-ring (bicyclic) bond motifs is 1. The van der Waals surface area contributed by atoms with Gasteiger partial charge in [-0.25, -0.2) is 9.97 Å². The van der Waals surface area contributed by atoms with Crippen molar-refractivity contribution in [2.24, 2.45) is 0 Å². The van der Waals surface area contributed by atoms with Crippen molar-refractivity contribution in [3.63, 3.8) is 0 Å². The first-order valence-corrected chi connectivity index (χ1v) is 7.76. The number of amides is 1. The number of anilines is 1. The zero-order valence-corrected chi connectivity index (χ0v) is 13.9. The topological polar surface area (TPSA) is 73.3 Å². The molecule has 0 aliphatic rings. The highest BCUT2D eigenvalue weighted by atomic mass is 35.5. The van der Waals surface area contributed by atoms with Crippen LogP contribution in [0.1, 0.15) is 10.4 Å². The van der Waals surface area contributed by atoms with Gasteiger partial charge in [-0.15, -0.1) is 0 Å². The number of pyridine rings is 1. The van der Waals surface area contributed by atoms with Crippen LogP contribution in [0.3, 0.4) is 0 Å². The first kappa shape index (κ1) is 15.5. The van der Waals surface area contributed by atoms with Crippen molar-refractivity contribution in [3.05, 3.63) is 41.2 Å². The molecular weight excluding hydrogens is 338 g/mol. The van der Waals surface area contributed by atoms with Crippen LogP contribution in [-0.2, 0) is 0 Å². The molecule has 0 spiro atoms. The summed E-state index contributed by atoms with van der Waals surface area (Å²) in [7, 11) is 3.13. The zero-order chi connectivity index (χ0) is 16.4. The van der Waals surface area contributed by atoms with Gasteiger partial charge in [0.15, 0.2) is 5.13 Å². The van der Waals surface area contributed by atoms with Crippen molar-refractivity contribution in [2.45, 2.75) is 0 Å². The second kappa shape index (κ2) is 6.39. The third-order valence-electron chi connectivity index (χ3n) is 3.11. The van der Waals surface area contributed by atoms with Crippen LogP contribution in [0.2, 0.25) is 5.15 Å². The molecule has 0 atom stereocenters. The van der Waals surface area contributed by atoms with Gasteiger partial charge in [-0.05, 0) is 18.2 Å². The van der Waals surface area contributed by atoms with E-state index < -0.39 is 0 Å². The van der Waals surface area contributed by atoms with E-state index in [0.29, 0.717) is 22.1 Å². The number of thiazole rings is 1. The summed E-state index contributed by atoms with van der Waals surface area (Å²) in [6.45, 7) is 0. The predicted molar refractivity (Wildman–Crippen MR) is 89.9 cm³/mol. The number of halogens is 1. The van der Waals surface area contributed by atoms with Gasteiger partial charge in [0.2, 0.25) is 0 Å².